The van der Waals surface area contributed by atoms with Crippen molar-refractivity contribution in [2.24, 2.45) is 0 Å². The van der Waals surface area contributed by atoms with Gasteiger partial charge in [-0.15, -0.1) is 0 Å². The number of ether oxygens (including phenoxy) is 2. The highest BCUT2D eigenvalue weighted by Gasteiger charge is 2.29. The molecule has 1 amide bonds. The normalized spacial score (nSPS) is 13.9. The second-order valence-corrected chi connectivity index (χ2v) is 5.23. The number of likely N-dealkylation sites (N-methyl/N-ethyl adjacent to an activating group) is 1. The van der Waals surface area contributed by atoms with Crippen molar-refractivity contribution < 1.29 is 14.3 Å². The van der Waals surface area contributed by atoms with Gasteiger partial charge in [-0.25, -0.2) is 0 Å². The van der Waals surface area contributed by atoms with Crippen LogP contribution in [0.2, 0.25) is 0 Å². The van der Waals surface area contributed by atoms with Crippen molar-refractivity contribution in [3.63, 3.8) is 0 Å². The van der Waals surface area contributed by atoms with E-state index in [9.17, 15) is 4.79 Å². The SMILES string of the molecule is CCOc1cccc(CNC)c1OCC(=O)N(C)C1CC1. The molecule has 116 valence electrons. The van der Waals surface area contributed by atoms with E-state index in [4.69, 9.17) is 9.47 Å². The summed E-state index contributed by atoms with van der Waals surface area (Å²) in [5.41, 5.74) is 0.991. The molecule has 5 heteroatoms. The maximum atomic E-state index is 12.1. The van der Waals surface area contributed by atoms with Crippen LogP contribution in [0.15, 0.2) is 18.2 Å². The molecule has 0 aromatic heterocycles. The van der Waals surface area contributed by atoms with Gasteiger partial charge in [-0.2, -0.15) is 0 Å². The van der Waals surface area contributed by atoms with E-state index in [1.54, 1.807) is 4.90 Å². The van der Waals surface area contributed by atoms with Crippen LogP contribution in [-0.4, -0.2) is 44.2 Å². The standard InChI is InChI=1S/C16H24N2O3/c1-4-20-14-7-5-6-12(10-17-2)16(14)21-11-15(19)18(3)13-8-9-13/h5-7,13,17H,4,8-11H2,1-3H3. The highest BCUT2D eigenvalue weighted by Crippen LogP contribution is 2.32. The van der Waals surface area contributed by atoms with Gasteiger partial charge in [0.1, 0.15) is 0 Å². The van der Waals surface area contributed by atoms with E-state index in [1.165, 1.54) is 0 Å². The number of rotatable bonds is 8. The molecule has 0 bridgehead atoms. The minimum atomic E-state index is 0.0132. The molecule has 5 nitrogen and oxygen atoms in total. The Labute approximate surface area is 126 Å². The molecule has 0 aliphatic heterocycles. The number of benzene rings is 1. The lowest BCUT2D eigenvalue weighted by atomic mass is 10.2. The highest BCUT2D eigenvalue weighted by atomic mass is 16.5. The third-order valence-corrected chi connectivity index (χ3v) is 3.56. The van der Waals surface area contributed by atoms with Crippen LogP contribution < -0.4 is 14.8 Å². The maximum Gasteiger partial charge on any atom is 0.260 e. The van der Waals surface area contributed by atoms with Gasteiger partial charge in [0.25, 0.3) is 5.91 Å². The predicted molar refractivity (Wildman–Crippen MR) is 81.7 cm³/mol. The third-order valence-electron chi connectivity index (χ3n) is 3.56. The van der Waals surface area contributed by atoms with Crippen molar-refractivity contribution in [2.45, 2.75) is 32.4 Å². The molecule has 21 heavy (non-hydrogen) atoms. The molecule has 0 atom stereocenters. The Kier molecular flexibility index (Phi) is 5.44. The molecular weight excluding hydrogens is 268 g/mol. The number of hydrogen-bond donors (Lipinski definition) is 1. The molecule has 0 spiro atoms. The summed E-state index contributed by atoms with van der Waals surface area (Å²) >= 11 is 0. The Bertz CT molecular complexity index is 462. The summed E-state index contributed by atoms with van der Waals surface area (Å²) in [6, 6.07) is 6.18. The molecule has 1 aliphatic carbocycles. The van der Waals surface area contributed by atoms with Gasteiger partial charge < -0.3 is 19.7 Å². The molecule has 1 N–H and O–H groups in total. The number of carbonyl (C=O) groups excluding carboxylic acids is 1. The summed E-state index contributed by atoms with van der Waals surface area (Å²) in [7, 11) is 3.72. The predicted octanol–water partition coefficient (Wildman–Crippen LogP) is 1.80. The molecule has 1 fully saturated rings. The lowest BCUT2D eigenvalue weighted by Gasteiger charge is -2.19. The van der Waals surface area contributed by atoms with Gasteiger partial charge in [0.2, 0.25) is 0 Å². The van der Waals surface area contributed by atoms with Crippen LogP contribution in [0.25, 0.3) is 0 Å². The second-order valence-electron chi connectivity index (χ2n) is 5.23. The van der Waals surface area contributed by atoms with E-state index in [2.05, 4.69) is 5.32 Å². The minimum absolute atomic E-state index is 0.0132. The van der Waals surface area contributed by atoms with Gasteiger partial charge in [0, 0.05) is 25.2 Å². The van der Waals surface area contributed by atoms with E-state index in [0.29, 0.717) is 30.7 Å². The van der Waals surface area contributed by atoms with Crippen LogP contribution >= 0.6 is 0 Å². The first kappa shape index (κ1) is 15.6. The highest BCUT2D eigenvalue weighted by molar-refractivity contribution is 5.78. The number of nitrogens with one attached hydrogen (secondary N) is 1. The molecular formula is C16H24N2O3. The summed E-state index contributed by atoms with van der Waals surface area (Å²) in [5, 5.41) is 3.10. The molecule has 0 unspecified atom stereocenters. The van der Waals surface area contributed by atoms with Crippen LogP contribution in [0, 0.1) is 0 Å². The van der Waals surface area contributed by atoms with E-state index in [-0.39, 0.29) is 12.5 Å². The molecule has 1 aromatic carbocycles. The van der Waals surface area contributed by atoms with Crippen molar-refractivity contribution in [1.82, 2.24) is 10.2 Å². The first-order valence-corrected chi connectivity index (χ1v) is 7.45. The number of carbonyl (C=O) groups is 1. The molecule has 0 heterocycles. The fraction of sp³-hybridized carbons (Fsp3) is 0.562. The fourth-order valence-corrected chi connectivity index (χ4v) is 2.23. The molecule has 0 radical (unpaired) electrons. The van der Waals surface area contributed by atoms with E-state index in [1.807, 2.05) is 39.2 Å². The van der Waals surface area contributed by atoms with Gasteiger partial charge >= 0.3 is 0 Å². The van der Waals surface area contributed by atoms with Crippen molar-refractivity contribution in [3.8, 4) is 11.5 Å². The van der Waals surface area contributed by atoms with Crippen LogP contribution in [0.1, 0.15) is 25.3 Å². The van der Waals surface area contributed by atoms with Gasteiger partial charge in [0.15, 0.2) is 18.1 Å². The summed E-state index contributed by atoms with van der Waals surface area (Å²) in [6.45, 7) is 3.21. The fourth-order valence-electron chi connectivity index (χ4n) is 2.23. The Morgan fingerprint density at radius 1 is 1.38 bits per heavy atom. The summed E-state index contributed by atoms with van der Waals surface area (Å²) in [4.78, 5) is 13.9. The van der Waals surface area contributed by atoms with Gasteiger partial charge in [-0.1, -0.05) is 12.1 Å². The zero-order valence-corrected chi connectivity index (χ0v) is 13.0. The average molecular weight is 292 g/mol. The molecule has 1 aromatic rings. The first-order valence-electron chi connectivity index (χ1n) is 7.45. The van der Waals surface area contributed by atoms with Crippen molar-refractivity contribution in [2.75, 3.05) is 27.3 Å². The Morgan fingerprint density at radius 2 is 2.14 bits per heavy atom. The van der Waals surface area contributed by atoms with Crippen molar-refractivity contribution in [1.29, 1.82) is 0 Å². The lowest BCUT2D eigenvalue weighted by Crippen LogP contribution is -2.33. The Balaban J connectivity index is 2.06. The van der Waals surface area contributed by atoms with Gasteiger partial charge in [0.05, 0.1) is 6.61 Å². The quantitative estimate of drug-likeness (QED) is 0.794. The second kappa shape index (κ2) is 7.31. The molecule has 2 rings (SSSR count). The number of amides is 1. The van der Waals surface area contributed by atoms with Crippen molar-refractivity contribution in [3.05, 3.63) is 23.8 Å². The van der Waals surface area contributed by atoms with Crippen LogP contribution in [0.4, 0.5) is 0 Å². The van der Waals surface area contributed by atoms with Crippen LogP contribution in [0.5, 0.6) is 11.5 Å². The van der Waals surface area contributed by atoms with E-state index < -0.39 is 0 Å². The Hall–Kier alpha value is -1.75. The summed E-state index contributed by atoms with van der Waals surface area (Å²) in [6.07, 6.45) is 2.20. The van der Waals surface area contributed by atoms with Gasteiger partial charge in [-0.05, 0) is 32.9 Å². The van der Waals surface area contributed by atoms with E-state index in [0.717, 1.165) is 18.4 Å². The molecule has 1 aliphatic rings. The topological polar surface area (TPSA) is 50.8 Å². The maximum absolute atomic E-state index is 12.1. The van der Waals surface area contributed by atoms with Gasteiger partial charge in [-0.3, -0.25) is 4.79 Å². The number of para-hydroxylation sites is 1. The largest absolute Gasteiger partial charge is 0.490 e. The summed E-state index contributed by atoms with van der Waals surface area (Å²) < 4.78 is 11.4. The molecule has 1 saturated carbocycles. The van der Waals surface area contributed by atoms with Crippen LogP contribution in [-0.2, 0) is 11.3 Å². The molecule has 0 saturated heterocycles. The zero-order chi connectivity index (χ0) is 15.2. The zero-order valence-electron chi connectivity index (χ0n) is 13.0. The smallest absolute Gasteiger partial charge is 0.260 e. The lowest BCUT2D eigenvalue weighted by molar-refractivity contribution is -0.132. The minimum Gasteiger partial charge on any atom is -0.490 e. The number of nitrogens with zero attached hydrogens (tertiary/aromatic N) is 1. The van der Waals surface area contributed by atoms with Crippen molar-refractivity contribution >= 4 is 5.91 Å². The first-order chi connectivity index (χ1) is 10.2. The summed E-state index contributed by atoms with van der Waals surface area (Å²) in [5.74, 6) is 1.36. The average Bonchev–Trinajstić information content (AvgIpc) is 3.31. The Morgan fingerprint density at radius 3 is 2.76 bits per heavy atom. The van der Waals surface area contributed by atoms with E-state index >= 15 is 0 Å². The monoisotopic (exact) mass is 292 g/mol. The number of hydrogen-bond acceptors (Lipinski definition) is 4. The third kappa shape index (κ3) is 4.11. The van der Waals surface area contributed by atoms with Crippen LogP contribution in [0.3, 0.4) is 0 Å².